The second-order valence-corrected chi connectivity index (χ2v) is 14.5. The van der Waals surface area contributed by atoms with Gasteiger partial charge in [0.15, 0.2) is 14.1 Å². The van der Waals surface area contributed by atoms with Gasteiger partial charge in [-0.1, -0.05) is 26.0 Å². The lowest BCUT2D eigenvalue weighted by atomic mass is 9.74. The average Bonchev–Trinajstić information content (AvgIpc) is 2.86. The first-order chi connectivity index (χ1) is 11.9. The number of cyclic esters (lactones) is 1. The molecule has 5 nitrogen and oxygen atoms in total. The number of esters is 1. The third-order valence-corrected chi connectivity index (χ3v) is 6.73. The van der Waals surface area contributed by atoms with Crippen molar-refractivity contribution in [3.63, 3.8) is 0 Å². The number of hydrogen-bond acceptors (Lipinski definition) is 5. The maximum absolute atomic E-state index is 12.5. The fourth-order valence-corrected chi connectivity index (χ4v) is 5.44. The molecule has 0 N–H and O–H groups in total. The zero-order chi connectivity index (χ0) is 19.3. The number of ether oxygens (including phenoxy) is 3. The second-order valence-electron chi connectivity index (χ2n) is 10.0. The Kier molecular flexibility index (Phi) is 5.19. The van der Waals surface area contributed by atoms with Crippen molar-refractivity contribution in [2.45, 2.75) is 71.8 Å². The largest absolute Gasteiger partial charge is 0.459 e. The molecule has 0 radical (unpaired) electrons. The molecule has 3 rings (SSSR count). The minimum Gasteiger partial charge on any atom is -0.459 e. The molecule has 0 aromatic carbocycles. The van der Waals surface area contributed by atoms with E-state index in [0.717, 1.165) is 0 Å². The van der Waals surface area contributed by atoms with E-state index >= 15 is 0 Å². The zero-order valence-electron chi connectivity index (χ0n) is 17.2. The van der Waals surface area contributed by atoms with Gasteiger partial charge in [0.25, 0.3) is 0 Å². The van der Waals surface area contributed by atoms with Crippen LogP contribution in [-0.2, 0) is 23.4 Å². The molecular formula is C20H34O5Si. The quantitative estimate of drug-likeness (QED) is 0.421. The highest BCUT2D eigenvalue weighted by atomic mass is 28.4. The molecule has 2 aliphatic heterocycles. The smallest absolute Gasteiger partial charge is 0.310 e. The fraction of sp³-hybridized carbons (Fsp3) is 0.850. The molecule has 0 unspecified atom stereocenters. The zero-order valence-corrected chi connectivity index (χ0v) is 18.2. The van der Waals surface area contributed by atoms with E-state index in [1.54, 1.807) is 0 Å². The van der Waals surface area contributed by atoms with Crippen molar-refractivity contribution >= 4 is 14.3 Å². The number of fused-ring (bicyclic) bond motifs is 1. The van der Waals surface area contributed by atoms with Crippen LogP contribution in [0.3, 0.4) is 0 Å². The predicted octanol–water partition coefficient (Wildman–Crippen LogP) is 3.75. The third kappa shape index (κ3) is 4.08. The Bertz CT molecular complexity index is 569. The summed E-state index contributed by atoms with van der Waals surface area (Å²) in [5, 5.41) is 0. The molecule has 2 heterocycles. The highest BCUT2D eigenvalue weighted by molar-refractivity contribution is 6.69. The molecule has 0 aromatic rings. The minimum atomic E-state index is -1.69. The molecule has 0 amide bonds. The van der Waals surface area contributed by atoms with Gasteiger partial charge in [0.1, 0.15) is 6.10 Å². The molecule has 0 spiro atoms. The van der Waals surface area contributed by atoms with Gasteiger partial charge in [-0.05, 0) is 39.9 Å². The SMILES string of the molecule is C[C@H](O[Si](C)(C)C)[C@@H]1OC(=O)[C@H]2C[C@H](C3(C)OCC(C)(C)CO3)C=C[C@H]12. The Morgan fingerprint density at radius 2 is 1.77 bits per heavy atom. The van der Waals surface area contributed by atoms with Crippen molar-refractivity contribution in [2.75, 3.05) is 13.2 Å². The van der Waals surface area contributed by atoms with E-state index in [1.807, 2.05) is 13.8 Å². The molecule has 6 heteroatoms. The van der Waals surface area contributed by atoms with Crippen molar-refractivity contribution in [1.29, 1.82) is 0 Å². The van der Waals surface area contributed by atoms with Crippen LogP contribution in [0.15, 0.2) is 12.2 Å². The fourth-order valence-electron chi connectivity index (χ4n) is 4.19. The van der Waals surface area contributed by atoms with E-state index in [4.69, 9.17) is 18.6 Å². The molecule has 0 saturated carbocycles. The summed E-state index contributed by atoms with van der Waals surface area (Å²) in [6, 6.07) is 0. The lowest BCUT2D eigenvalue weighted by Gasteiger charge is -2.46. The van der Waals surface area contributed by atoms with Crippen LogP contribution in [0, 0.1) is 23.2 Å². The summed E-state index contributed by atoms with van der Waals surface area (Å²) in [4.78, 5) is 12.5. The Labute approximate surface area is 158 Å². The molecule has 0 aromatic heterocycles. The van der Waals surface area contributed by atoms with Crippen LogP contribution in [0.5, 0.6) is 0 Å². The first kappa shape index (κ1) is 20.1. The van der Waals surface area contributed by atoms with Gasteiger partial charge in [-0.25, -0.2) is 0 Å². The van der Waals surface area contributed by atoms with Crippen LogP contribution >= 0.6 is 0 Å². The molecule has 2 saturated heterocycles. The Hall–Kier alpha value is -0.693. The van der Waals surface area contributed by atoms with Crippen LogP contribution in [0.1, 0.15) is 34.1 Å². The van der Waals surface area contributed by atoms with E-state index in [-0.39, 0.29) is 41.3 Å². The topological polar surface area (TPSA) is 54.0 Å². The molecule has 148 valence electrons. The van der Waals surface area contributed by atoms with Gasteiger partial charge in [-0.3, -0.25) is 4.79 Å². The van der Waals surface area contributed by atoms with Crippen molar-refractivity contribution in [3.05, 3.63) is 12.2 Å². The Morgan fingerprint density at radius 1 is 1.15 bits per heavy atom. The number of carbonyl (C=O) groups excluding carboxylic acids is 1. The van der Waals surface area contributed by atoms with Gasteiger partial charge in [-0.15, -0.1) is 0 Å². The van der Waals surface area contributed by atoms with Gasteiger partial charge in [0.2, 0.25) is 0 Å². The highest BCUT2D eigenvalue weighted by Crippen LogP contribution is 2.45. The summed E-state index contributed by atoms with van der Waals surface area (Å²) in [6.07, 6.45) is 4.72. The van der Waals surface area contributed by atoms with E-state index in [1.165, 1.54) is 0 Å². The van der Waals surface area contributed by atoms with Crippen molar-refractivity contribution in [1.82, 2.24) is 0 Å². The van der Waals surface area contributed by atoms with Gasteiger partial charge >= 0.3 is 5.97 Å². The summed E-state index contributed by atoms with van der Waals surface area (Å²) < 4.78 is 24.1. The normalized spacial score (nSPS) is 37.1. The summed E-state index contributed by atoms with van der Waals surface area (Å²) in [7, 11) is -1.69. The summed E-state index contributed by atoms with van der Waals surface area (Å²) in [5.41, 5.74) is 0.0292. The third-order valence-electron chi connectivity index (χ3n) is 5.65. The lowest BCUT2D eigenvalue weighted by molar-refractivity contribution is -0.308. The van der Waals surface area contributed by atoms with Crippen LogP contribution in [0.2, 0.25) is 19.6 Å². The minimum absolute atomic E-state index is 0.0292. The standard InChI is InChI=1S/C20H34O5Si/c1-13(25-26(5,6)7)17-15-9-8-14(10-16(15)18(21)24-17)20(4)22-11-19(2,3)12-23-20/h8-9,13-17H,10-12H2,1-7H3/t13-,14+,15-,16-,17-/m0/s1. The molecule has 1 aliphatic carbocycles. The van der Waals surface area contributed by atoms with Crippen LogP contribution in [0.25, 0.3) is 0 Å². The van der Waals surface area contributed by atoms with E-state index in [2.05, 4.69) is 45.6 Å². The number of hydrogen-bond donors (Lipinski definition) is 0. The van der Waals surface area contributed by atoms with Crippen LogP contribution < -0.4 is 0 Å². The van der Waals surface area contributed by atoms with Gasteiger partial charge in [-0.2, -0.15) is 0 Å². The summed E-state index contributed by atoms with van der Waals surface area (Å²) >= 11 is 0. The molecule has 2 fully saturated rings. The van der Waals surface area contributed by atoms with E-state index in [9.17, 15) is 4.79 Å². The first-order valence-corrected chi connectivity index (χ1v) is 13.2. The van der Waals surface area contributed by atoms with Crippen molar-refractivity contribution < 1.29 is 23.4 Å². The predicted molar refractivity (Wildman–Crippen MR) is 102 cm³/mol. The van der Waals surface area contributed by atoms with Crippen molar-refractivity contribution in [3.8, 4) is 0 Å². The van der Waals surface area contributed by atoms with Gasteiger partial charge < -0.3 is 18.6 Å². The van der Waals surface area contributed by atoms with Gasteiger partial charge in [0.05, 0.1) is 25.2 Å². The number of rotatable bonds is 4. The van der Waals surface area contributed by atoms with E-state index in [0.29, 0.717) is 19.6 Å². The van der Waals surface area contributed by atoms with Gasteiger partial charge in [0, 0.05) is 17.3 Å². The molecular weight excluding hydrogens is 348 g/mol. The maximum Gasteiger partial charge on any atom is 0.310 e. The first-order valence-electron chi connectivity index (χ1n) is 9.75. The monoisotopic (exact) mass is 382 g/mol. The molecule has 3 aliphatic rings. The van der Waals surface area contributed by atoms with Crippen molar-refractivity contribution in [2.24, 2.45) is 23.2 Å². The van der Waals surface area contributed by atoms with Crippen LogP contribution in [-0.4, -0.2) is 45.5 Å². The average molecular weight is 383 g/mol. The highest BCUT2D eigenvalue weighted by Gasteiger charge is 2.52. The molecule has 26 heavy (non-hydrogen) atoms. The Morgan fingerprint density at radius 3 is 2.35 bits per heavy atom. The summed E-state index contributed by atoms with van der Waals surface area (Å²) in [6.45, 7) is 16.1. The maximum atomic E-state index is 12.5. The molecule has 0 bridgehead atoms. The number of carbonyl (C=O) groups is 1. The second kappa shape index (κ2) is 6.73. The Balaban J connectivity index is 1.72. The summed E-state index contributed by atoms with van der Waals surface area (Å²) in [5.74, 6) is -0.787. The van der Waals surface area contributed by atoms with E-state index < -0.39 is 14.1 Å². The van der Waals surface area contributed by atoms with Crippen LogP contribution in [0.4, 0.5) is 0 Å². The molecule has 5 atom stereocenters. The lowest BCUT2D eigenvalue weighted by Crippen LogP contribution is -2.51.